The van der Waals surface area contributed by atoms with Crippen molar-refractivity contribution < 1.29 is 9.53 Å². The lowest BCUT2D eigenvalue weighted by atomic mass is 9.79. The summed E-state index contributed by atoms with van der Waals surface area (Å²) in [5, 5.41) is 0. The van der Waals surface area contributed by atoms with Crippen LogP contribution in [0.25, 0.3) is 0 Å². The van der Waals surface area contributed by atoms with Crippen molar-refractivity contribution in [1.29, 1.82) is 0 Å². The molecule has 0 bridgehead atoms. The van der Waals surface area contributed by atoms with E-state index < -0.39 is 0 Å². The largest absolute Gasteiger partial charge is 0.381 e. The molecule has 0 radical (unpaired) electrons. The van der Waals surface area contributed by atoms with Crippen molar-refractivity contribution in [1.82, 2.24) is 4.90 Å². The van der Waals surface area contributed by atoms with Crippen LogP contribution in [-0.2, 0) is 9.53 Å². The summed E-state index contributed by atoms with van der Waals surface area (Å²) in [5.41, 5.74) is 1.86. The number of allylic oxidation sites excluding steroid dienone is 1. The van der Waals surface area contributed by atoms with Gasteiger partial charge in [0, 0.05) is 31.5 Å². The molecule has 3 aliphatic rings. The van der Waals surface area contributed by atoms with E-state index in [0.717, 1.165) is 52.0 Å². The Bertz CT molecular complexity index is 369. The zero-order valence-electron chi connectivity index (χ0n) is 11.8. The molecule has 106 valence electrons. The molecule has 0 unspecified atom stereocenters. The summed E-state index contributed by atoms with van der Waals surface area (Å²) < 4.78 is 5.57. The van der Waals surface area contributed by atoms with E-state index in [0.29, 0.717) is 5.91 Å². The summed E-state index contributed by atoms with van der Waals surface area (Å²) in [6, 6.07) is 0. The van der Waals surface area contributed by atoms with Crippen LogP contribution in [0.1, 0.15) is 51.4 Å². The third-order valence-electron chi connectivity index (χ3n) is 5.02. The van der Waals surface area contributed by atoms with Crippen molar-refractivity contribution in [2.45, 2.75) is 51.4 Å². The zero-order valence-corrected chi connectivity index (χ0v) is 11.8. The number of hydrogen-bond acceptors (Lipinski definition) is 2. The van der Waals surface area contributed by atoms with Gasteiger partial charge in [-0.15, -0.1) is 0 Å². The monoisotopic (exact) mass is 263 g/mol. The van der Waals surface area contributed by atoms with Crippen LogP contribution in [0.15, 0.2) is 11.6 Å². The van der Waals surface area contributed by atoms with Gasteiger partial charge in [0.2, 0.25) is 5.91 Å². The molecule has 3 heteroatoms. The van der Waals surface area contributed by atoms with Crippen molar-refractivity contribution in [3.63, 3.8) is 0 Å². The maximum Gasteiger partial charge on any atom is 0.222 e. The fraction of sp³-hybridized carbons (Fsp3) is 0.812. The van der Waals surface area contributed by atoms with Crippen molar-refractivity contribution in [2.24, 2.45) is 5.41 Å². The number of likely N-dealkylation sites (tertiary alicyclic amines) is 1. The first-order chi connectivity index (χ1) is 9.27. The Morgan fingerprint density at radius 2 is 2.21 bits per heavy atom. The Labute approximate surface area is 116 Å². The van der Waals surface area contributed by atoms with Gasteiger partial charge in [-0.3, -0.25) is 4.79 Å². The Kier molecular flexibility index (Phi) is 3.92. The highest BCUT2D eigenvalue weighted by Crippen LogP contribution is 2.38. The molecule has 0 aromatic heterocycles. The maximum atomic E-state index is 12.1. The van der Waals surface area contributed by atoms with Gasteiger partial charge in [-0.05, 0) is 44.9 Å². The molecule has 0 aromatic rings. The first-order valence-corrected chi connectivity index (χ1v) is 7.81. The molecule has 1 aliphatic carbocycles. The lowest BCUT2D eigenvalue weighted by molar-refractivity contribution is -0.137. The quantitative estimate of drug-likeness (QED) is 0.733. The Balaban J connectivity index is 1.56. The van der Waals surface area contributed by atoms with Crippen molar-refractivity contribution in [3.05, 3.63) is 11.6 Å². The van der Waals surface area contributed by atoms with E-state index in [1.807, 2.05) is 0 Å². The zero-order chi connectivity index (χ0) is 13.1. The molecule has 3 nitrogen and oxygen atoms in total. The highest BCUT2D eigenvalue weighted by atomic mass is 16.5. The fourth-order valence-corrected chi connectivity index (χ4v) is 3.69. The molecule has 0 N–H and O–H groups in total. The first kappa shape index (κ1) is 13.2. The maximum absolute atomic E-state index is 12.1. The van der Waals surface area contributed by atoms with Crippen LogP contribution in [-0.4, -0.2) is 37.1 Å². The normalized spacial score (nSPS) is 31.9. The molecule has 2 saturated heterocycles. The minimum Gasteiger partial charge on any atom is -0.381 e. The Morgan fingerprint density at radius 3 is 2.95 bits per heavy atom. The molecule has 3 rings (SSSR count). The molecule has 0 saturated carbocycles. The highest BCUT2D eigenvalue weighted by molar-refractivity contribution is 5.77. The molecule has 19 heavy (non-hydrogen) atoms. The van der Waals surface area contributed by atoms with Crippen LogP contribution in [0.5, 0.6) is 0 Å². The van der Waals surface area contributed by atoms with Crippen molar-refractivity contribution >= 4 is 5.91 Å². The SMILES string of the molecule is O=C1CC[C@@]2(CCOC2)CN1CCC1=CCCCC1. The molecule has 2 aliphatic heterocycles. The predicted octanol–water partition coefficient (Wildman–Crippen LogP) is 2.91. The number of piperidine rings is 1. The third kappa shape index (κ3) is 3.02. The second-order valence-corrected chi connectivity index (χ2v) is 6.48. The van der Waals surface area contributed by atoms with Gasteiger partial charge in [-0.1, -0.05) is 11.6 Å². The summed E-state index contributed by atoms with van der Waals surface area (Å²) in [5.74, 6) is 0.355. The lowest BCUT2D eigenvalue weighted by Gasteiger charge is -2.39. The van der Waals surface area contributed by atoms with Gasteiger partial charge in [-0.2, -0.15) is 0 Å². The smallest absolute Gasteiger partial charge is 0.222 e. The lowest BCUT2D eigenvalue weighted by Crippen LogP contribution is -2.47. The number of nitrogens with zero attached hydrogens (tertiary/aromatic N) is 1. The minimum absolute atomic E-state index is 0.287. The van der Waals surface area contributed by atoms with E-state index in [9.17, 15) is 4.79 Å². The van der Waals surface area contributed by atoms with Gasteiger partial charge in [0.15, 0.2) is 0 Å². The molecule has 2 heterocycles. The van der Waals surface area contributed by atoms with Crippen LogP contribution in [0.2, 0.25) is 0 Å². The van der Waals surface area contributed by atoms with Crippen LogP contribution in [0.4, 0.5) is 0 Å². The Hall–Kier alpha value is -0.830. The van der Waals surface area contributed by atoms with E-state index in [2.05, 4.69) is 11.0 Å². The van der Waals surface area contributed by atoms with Gasteiger partial charge in [0.05, 0.1) is 6.61 Å². The summed E-state index contributed by atoms with van der Waals surface area (Å²) in [6.07, 6.45) is 11.5. The molecular formula is C16H25NO2. The van der Waals surface area contributed by atoms with Crippen LogP contribution >= 0.6 is 0 Å². The molecule has 1 amide bonds. The standard InChI is InChI=1S/C16H25NO2/c18-15-6-8-16(9-11-19-13-16)12-17(15)10-7-14-4-2-1-3-5-14/h4H,1-3,5-13H2/t16-/m1/s1. The van der Waals surface area contributed by atoms with Crippen molar-refractivity contribution in [3.8, 4) is 0 Å². The van der Waals surface area contributed by atoms with E-state index in [1.165, 1.54) is 25.7 Å². The third-order valence-corrected chi connectivity index (χ3v) is 5.02. The second kappa shape index (κ2) is 5.66. The first-order valence-electron chi connectivity index (χ1n) is 7.81. The topological polar surface area (TPSA) is 29.5 Å². The number of hydrogen-bond donors (Lipinski definition) is 0. The predicted molar refractivity (Wildman–Crippen MR) is 74.9 cm³/mol. The molecule has 0 aromatic carbocycles. The van der Waals surface area contributed by atoms with Crippen LogP contribution in [0, 0.1) is 5.41 Å². The molecule has 1 spiro atoms. The van der Waals surface area contributed by atoms with Gasteiger partial charge in [0.25, 0.3) is 0 Å². The fourth-order valence-electron chi connectivity index (χ4n) is 3.69. The minimum atomic E-state index is 0.287. The average Bonchev–Trinajstić information content (AvgIpc) is 2.90. The number of rotatable bonds is 3. The molecule has 2 fully saturated rings. The number of carbonyl (C=O) groups is 1. The van der Waals surface area contributed by atoms with E-state index in [4.69, 9.17) is 4.74 Å². The van der Waals surface area contributed by atoms with E-state index in [1.54, 1.807) is 5.57 Å². The number of amides is 1. The Morgan fingerprint density at radius 1 is 1.26 bits per heavy atom. The summed E-state index contributed by atoms with van der Waals surface area (Å²) >= 11 is 0. The summed E-state index contributed by atoms with van der Waals surface area (Å²) in [7, 11) is 0. The van der Waals surface area contributed by atoms with Gasteiger partial charge in [0.1, 0.15) is 0 Å². The van der Waals surface area contributed by atoms with Crippen LogP contribution in [0.3, 0.4) is 0 Å². The molecule has 1 atom stereocenters. The van der Waals surface area contributed by atoms with Crippen LogP contribution < -0.4 is 0 Å². The number of carbonyl (C=O) groups excluding carboxylic acids is 1. The highest BCUT2D eigenvalue weighted by Gasteiger charge is 2.41. The van der Waals surface area contributed by atoms with E-state index in [-0.39, 0.29) is 5.41 Å². The van der Waals surface area contributed by atoms with E-state index >= 15 is 0 Å². The summed E-state index contributed by atoms with van der Waals surface area (Å²) in [6.45, 7) is 3.60. The average molecular weight is 263 g/mol. The summed E-state index contributed by atoms with van der Waals surface area (Å²) in [4.78, 5) is 14.2. The molecular weight excluding hydrogens is 238 g/mol. The number of ether oxygens (including phenoxy) is 1. The second-order valence-electron chi connectivity index (χ2n) is 6.48. The van der Waals surface area contributed by atoms with Crippen molar-refractivity contribution in [2.75, 3.05) is 26.3 Å². The van der Waals surface area contributed by atoms with Gasteiger partial charge < -0.3 is 9.64 Å². The van der Waals surface area contributed by atoms with Gasteiger partial charge >= 0.3 is 0 Å². The van der Waals surface area contributed by atoms with Gasteiger partial charge in [-0.25, -0.2) is 0 Å².